The lowest BCUT2D eigenvalue weighted by molar-refractivity contribution is -0.147. The van der Waals surface area contributed by atoms with Crippen LogP contribution in [0.4, 0.5) is 0 Å². The molecule has 0 N–H and O–H groups in total. The van der Waals surface area contributed by atoms with E-state index in [-0.39, 0.29) is 12.0 Å². The normalized spacial score (nSPS) is 30.3. The van der Waals surface area contributed by atoms with Crippen LogP contribution in [0.3, 0.4) is 0 Å². The van der Waals surface area contributed by atoms with Gasteiger partial charge in [0.1, 0.15) is 6.04 Å². The first-order valence-electron chi connectivity index (χ1n) is 5.47. The molecule has 1 fully saturated rings. The smallest absolute Gasteiger partial charge is 0.322 e. The summed E-state index contributed by atoms with van der Waals surface area (Å²) in [5.74, 6) is -0.114. The maximum atomic E-state index is 11.4. The van der Waals surface area contributed by atoms with Gasteiger partial charge in [-0.15, -0.1) is 0 Å². The van der Waals surface area contributed by atoms with Crippen molar-refractivity contribution in [3.63, 3.8) is 0 Å². The zero-order chi connectivity index (χ0) is 10.7. The van der Waals surface area contributed by atoms with Gasteiger partial charge in [-0.25, -0.2) is 0 Å². The van der Waals surface area contributed by atoms with Gasteiger partial charge in [0.2, 0.25) is 0 Å². The highest BCUT2D eigenvalue weighted by Gasteiger charge is 2.36. The van der Waals surface area contributed by atoms with E-state index in [9.17, 15) is 4.79 Å². The molecule has 3 atom stereocenters. The van der Waals surface area contributed by atoms with Gasteiger partial charge in [0, 0.05) is 12.1 Å². The first kappa shape index (κ1) is 11.5. The van der Waals surface area contributed by atoms with Crippen molar-refractivity contribution in [3.8, 4) is 0 Å². The number of rotatable bonds is 3. The molecule has 0 aromatic heterocycles. The number of methoxy groups -OCH3 is 1. The third-order valence-electron chi connectivity index (χ3n) is 3.31. The second-order valence-electron chi connectivity index (χ2n) is 4.13. The summed E-state index contributed by atoms with van der Waals surface area (Å²) < 4.78 is 4.78. The molecule has 0 spiro atoms. The second kappa shape index (κ2) is 4.78. The van der Waals surface area contributed by atoms with Crippen LogP contribution in [0.15, 0.2) is 0 Å². The summed E-state index contributed by atoms with van der Waals surface area (Å²) in [6, 6.07) is 0.968. The SMILES string of the molecule is CCC1CCC(C)N1C(C)C(=O)OC. The van der Waals surface area contributed by atoms with Crippen LogP contribution < -0.4 is 0 Å². The number of hydrogen-bond donors (Lipinski definition) is 0. The van der Waals surface area contributed by atoms with Crippen LogP contribution in [0.2, 0.25) is 0 Å². The molecule has 0 bridgehead atoms. The van der Waals surface area contributed by atoms with Crippen LogP contribution in [-0.2, 0) is 9.53 Å². The molecule has 1 aliphatic heterocycles. The third kappa shape index (κ3) is 2.08. The highest BCUT2D eigenvalue weighted by molar-refractivity contribution is 5.75. The van der Waals surface area contributed by atoms with E-state index in [1.54, 1.807) is 0 Å². The lowest BCUT2D eigenvalue weighted by atomic mass is 10.1. The van der Waals surface area contributed by atoms with Crippen LogP contribution in [0.1, 0.15) is 40.0 Å². The van der Waals surface area contributed by atoms with Gasteiger partial charge >= 0.3 is 5.97 Å². The summed E-state index contributed by atoms with van der Waals surface area (Å²) in [5.41, 5.74) is 0. The van der Waals surface area contributed by atoms with Crippen LogP contribution in [0.5, 0.6) is 0 Å². The first-order chi connectivity index (χ1) is 6.61. The van der Waals surface area contributed by atoms with Crippen molar-refractivity contribution in [1.82, 2.24) is 4.90 Å². The predicted octanol–water partition coefficient (Wildman–Crippen LogP) is 1.81. The number of hydrogen-bond acceptors (Lipinski definition) is 3. The molecule has 0 aromatic carbocycles. The maximum Gasteiger partial charge on any atom is 0.322 e. The van der Waals surface area contributed by atoms with Gasteiger partial charge in [0.15, 0.2) is 0 Å². The first-order valence-corrected chi connectivity index (χ1v) is 5.47. The Morgan fingerprint density at radius 1 is 1.57 bits per heavy atom. The molecule has 0 amide bonds. The number of esters is 1. The average Bonchev–Trinajstić information content (AvgIpc) is 2.57. The van der Waals surface area contributed by atoms with E-state index >= 15 is 0 Å². The summed E-state index contributed by atoms with van der Waals surface area (Å²) in [5, 5.41) is 0. The molecular weight excluding hydrogens is 178 g/mol. The minimum Gasteiger partial charge on any atom is -0.468 e. The number of nitrogens with zero attached hydrogens (tertiary/aromatic N) is 1. The quantitative estimate of drug-likeness (QED) is 0.649. The van der Waals surface area contributed by atoms with Crippen molar-refractivity contribution in [2.45, 2.75) is 58.2 Å². The van der Waals surface area contributed by atoms with E-state index in [1.807, 2.05) is 6.92 Å². The maximum absolute atomic E-state index is 11.4. The molecule has 1 heterocycles. The largest absolute Gasteiger partial charge is 0.468 e. The van der Waals surface area contributed by atoms with E-state index < -0.39 is 0 Å². The fourth-order valence-electron chi connectivity index (χ4n) is 2.50. The number of ether oxygens (including phenoxy) is 1. The fourth-order valence-corrected chi connectivity index (χ4v) is 2.50. The summed E-state index contributed by atoms with van der Waals surface area (Å²) >= 11 is 0. The van der Waals surface area contributed by atoms with Gasteiger partial charge in [0.25, 0.3) is 0 Å². The number of carbonyl (C=O) groups is 1. The van der Waals surface area contributed by atoms with Crippen LogP contribution in [0.25, 0.3) is 0 Å². The van der Waals surface area contributed by atoms with Crippen LogP contribution in [-0.4, -0.2) is 36.1 Å². The highest BCUT2D eigenvalue weighted by Crippen LogP contribution is 2.28. The monoisotopic (exact) mass is 199 g/mol. The topological polar surface area (TPSA) is 29.5 Å². The minimum atomic E-state index is -0.114. The van der Waals surface area contributed by atoms with E-state index in [0.29, 0.717) is 12.1 Å². The molecule has 82 valence electrons. The molecule has 3 nitrogen and oxygen atoms in total. The predicted molar refractivity (Wildman–Crippen MR) is 56.1 cm³/mol. The Kier molecular flexibility index (Phi) is 3.93. The van der Waals surface area contributed by atoms with Gasteiger partial charge in [0.05, 0.1) is 7.11 Å². The Balaban J connectivity index is 2.67. The van der Waals surface area contributed by atoms with Crippen molar-refractivity contribution >= 4 is 5.97 Å². The summed E-state index contributed by atoms with van der Waals surface area (Å²) in [7, 11) is 1.46. The van der Waals surface area contributed by atoms with Crippen molar-refractivity contribution in [3.05, 3.63) is 0 Å². The lowest BCUT2D eigenvalue weighted by Crippen LogP contribution is -2.45. The summed E-state index contributed by atoms with van der Waals surface area (Å²) in [6.45, 7) is 6.31. The van der Waals surface area contributed by atoms with Crippen molar-refractivity contribution in [1.29, 1.82) is 0 Å². The standard InChI is InChI=1S/C11H21NO2/c1-5-10-7-6-8(2)12(10)9(3)11(13)14-4/h8-10H,5-7H2,1-4H3. The molecule has 1 saturated heterocycles. The molecule has 0 saturated carbocycles. The Bertz CT molecular complexity index is 205. The summed E-state index contributed by atoms with van der Waals surface area (Å²) in [6.07, 6.45) is 3.52. The Morgan fingerprint density at radius 3 is 2.71 bits per heavy atom. The Morgan fingerprint density at radius 2 is 2.21 bits per heavy atom. The highest BCUT2D eigenvalue weighted by atomic mass is 16.5. The molecule has 3 heteroatoms. The number of likely N-dealkylation sites (tertiary alicyclic amines) is 1. The van der Waals surface area contributed by atoms with E-state index in [0.717, 1.165) is 6.42 Å². The minimum absolute atomic E-state index is 0.0950. The van der Waals surface area contributed by atoms with Crippen molar-refractivity contribution in [2.24, 2.45) is 0 Å². The molecule has 0 aliphatic carbocycles. The summed E-state index contributed by atoms with van der Waals surface area (Å²) in [4.78, 5) is 13.7. The van der Waals surface area contributed by atoms with Crippen LogP contribution in [0, 0.1) is 0 Å². The molecule has 1 aliphatic rings. The van der Waals surface area contributed by atoms with Gasteiger partial charge in [-0.2, -0.15) is 0 Å². The molecule has 14 heavy (non-hydrogen) atoms. The third-order valence-corrected chi connectivity index (χ3v) is 3.31. The zero-order valence-electron chi connectivity index (χ0n) is 9.62. The molecule has 3 unspecified atom stereocenters. The van der Waals surface area contributed by atoms with Gasteiger partial charge < -0.3 is 4.74 Å². The second-order valence-corrected chi connectivity index (χ2v) is 4.13. The molecule has 0 aromatic rings. The van der Waals surface area contributed by atoms with E-state index in [4.69, 9.17) is 4.74 Å². The lowest BCUT2D eigenvalue weighted by Gasteiger charge is -2.31. The molecule has 1 rings (SSSR count). The zero-order valence-corrected chi connectivity index (χ0v) is 9.62. The van der Waals surface area contributed by atoms with Gasteiger partial charge in [-0.1, -0.05) is 6.92 Å². The fraction of sp³-hybridized carbons (Fsp3) is 0.909. The van der Waals surface area contributed by atoms with Crippen LogP contribution >= 0.6 is 0 Å². The van der Waals surface area contributed by atoms with Crippen molar-refractivity contribution in [2.75, 3.05) is 7.11 Å². The van der Waals surface area contributed by atoms with E-state index in [1.165, 1.54) is 20.0 Å². The Labute approximate surface area is 86.4 Å². The molecule has 0 radical (unpaired) electrons. The Hall–Kier alpha value is -0.570. The van der Waals surface area contributed by atoms with E-state index in [2.05, 4.69) is 18.7 Å². The van der Waals surface area contributed by atoms with Gasteiger partial charge in [-0.05, 0) is 33.1 Å². The van der Waals surface area contributed by atoms with Crippen molar-refractivity contribution < 1.29 is 9.53 Å². The number of carbonyl (C=O) groups excluding carboxylic acids is 1. The van der Waals surface area contributed by atoms with Gasteiger partial charge in [-0.3, -0.25) is 9.69 Å². The molecular formula is C11H21NO2. The average molecular weight is 199 g/mol.